The van der Waals surface area contributed by atoms with E-state index in [9.17, 15) is 5.11 Å². The Morgan fingerprint density at radius 2 is 1.91 bits per heavy atom. The fourth-order valence-corrected chi connectivity index (χ4v) is 3.28. The molecule has 1 nitrogen and oxygen atoms in total. The Bertz CT molecular complexity index is 181. The van der Waals surface area contributed by atoms with Gasteiger partial charge in [0, 0.05) is 0 Å². The lowest BCUT2D eigenvalue weighted by molar-refractivity contribution is -0.0340. The van der Waals surface area contributed by atoms with Crippen molar-refractivity contribution in [3.8, 4) is 0 Å². The molecule has 2 unspecified atom stereocenters. The summed E-state index contributed by atoms with van der Waals surface area (Å²) in [6.45, 7) is 6.67. The van der Waals surface area contributed by atoms with Crippen molar-refractivity contribution >= 4 is 0 Å². The van der Waals surface area contributed by atoms with Crippen LogP contribution in [0.5, 0.6) is 0 Å². The zero-order valence-corrected chi connectivity index (χ0v) is 7.72. The minimum absolute atomic E-state index is 0.0613. The molecular weight excluding hydrogens is 136 g/mol. The minimum Gasteiger partial charge on any atom is -0.392 e. The lowest BCUT2D eigenvalue weighted by atomic mass is 9.70. The van der Waals surface area contributed by atoms with Crippen LogP contribution in [0.3, 0.4) is 0 Å². The lowest BCUT2D eigenvalue weighted by Gasteiger charge is -2.38. The third-order valence-corrected chi connectivity index (χ3v) is 4.19. The predicted octanol–water partition coefficient (Wildman–Crippen LogP) is 2.19. The van der Waals surface area contributed by atoms with Gasteiger partial charge >= 0.3 is 0 Å². The van der Waals surface area contributed by atoms with Gasteiger partial charge in [-0.25, -0.2) is 0 Å². The Morgan fingerprint density at radius 1 is 1.27 bits per heavy atom. The van der Waals surface area contributed by atoms with Crippen molar-refractivity contribution in [3.63, 3.8) is 0 Å². The molecule has 11 heavy (non-hydrogen) atoms. The first-order valence-electron chi connectivity index (χ1n) is 4.65. The van der Waals surface area contributed by atoms with Gasteiger partial charge in [-0.15, -0.1) is 0 Å². The zero-order valence-electron chi connectivity index (χ0n) is 7.72. The summed E-state index contributed by atoms with van der Waals surface area (Å²) in [5.74, 6) is 0.780. The summed E-state index contributed by atoms with van der Waals surface area (Å²) < 4.78 is 0. The van der Waals surface area contributed by atoms with Crippen LogP contribution in [0, 0.1) is 16.7 Å². The Kier molecular flexibility index (Phi) is 1.26. The monoisotopic (exact) mass is 154 g/mol. The maximum absolute atomic E-state index is 10.0. The third kappa shape index (κ3) is 0.752. The van der Waals surface area contributed by atoms with E-state index in [0.29, 0.717) is 0 Å². The fourth-order valence-electron chi connectivity index (χ4n) is 3.28. The van der Waals surface area contributed by atoms with E-state index in [1.165, 1.54) is 19.3 Å². The van der Waals surface area contributed by atoms with Crippen molar-refractivity contribution in [2.24, 2.45) is 16.7 Å². The number of hydrogen-bond donors (Lipinski definition) is 1. The smallest absolute Gasteiger partial charge is 0.0647 e. The van der Waals surface area contributed by atoms with E-state index in [0.717, 1.165) is 5.92 Å². The molecule has 0 aromatic carbocycles. The third-order valence-electron chi connectivity index (χ3n) is 4.19. The van der Waals surface area contributed by atoms with Gasteiger partial charge in [0.1, 0.15) is 0 Å². The highest BCUT2D eigenvalue weighted by Crippen LogP contribution is 2.62. The summed E-state index contributed by atoms with van der Waals surface area (Å²) in [5.41, 5.74) is 0.446. The van der Waals surface area contributed by atoms with Gasteiger partial charge < -0.3 is 5.11 Å². The van der Waals surface area contributed by atoms with Crippen LogP contribution in [-0.2, 0) is 0 Å². The Morgan fingerprint density at radius 3 is 2.18 bits per heavy atom. The zero-order chi connectivity index (χ0) is 8.28. The predicted molar refractivity (Wildman–Crippen MR) is 45.2 cm³/mol. The molecule has 1 heteroatoms. The average Bonchev–Trinajstić information content (AvgIpc) is 2.36. The normalized spacial score (nSPS) is 53.5. The van der Waals surface area contributed by atoms with Gasteiger partial charge in [-0.3, -0.25) is 0 Å². The first-order valence-corrected chi connectivity index (χ1v) is 4.65. The first kappa shape index (κ1) is 7.60. The second-order valence-corrected chi connectivity index (χ2v) is 5.32. The Balaban J connectivity index is 2.34. The van der Waals surface area contributed by atoms with Crippen LogP contribution in [0.1, 0.15) is 40.0 Å². The van der Waals surface area contributed by atoms with Crippen molar-refractivity contribution in [1.82, 2.24) is 0 Å². The van der Waals surface area contributed by atoms with Gasteiger partial charge in [-0.05, 0) is 36.0 Å². The highest BCUT2D eigenvalue weighted by atomic mass is 16.3. The molecule has 1 N–H and O–H groups in total. The molecule has 0 radical (unpaired) electrons. The van der Waals surface area contributed by atoms with E-state index < -0.39 is 0 Å². The van der Waals surface area contributed by atoms with Crippen LogP contribution >= 0.6 is 0 Å². The van der Waals surface area contributed by atoms with Crippen molar-refractivity contribution in [2.75, 3.05) is 0 Å². The number of aliphatic hydroxyl groups is 1. The van der Waals surface area contributed by atoms with Crippen LogP contribution < -0.4 is 0 Å². The van der Waals surface area contributed by atoms with Crippen molar-refractivity contribution in [3.05, 3.63) is 0 Å². The molecule has 0 saturated heterocycles. The molecule has 3 atom stereocenters. The van der Waals surface area contributed by atoms with Crippen molar-refractivity contribution in [2.45, 2.75) is 46.1 Å². The van der Waals surface area contributed by atoms with Crippen molar-refractivity contribution < 1.29 is 5.11 Å². The lowest BCUT2D eigenvalue weighted by Crippen LogP contribution is -2.39. The number of aliphatic hydroxyl groups excluding tert-OH is 1. The van der Waals surface area contributed by atoms with Gasteiger partial charge in [-0.2, -0.15) is 0 Å². The summed E-state index contributed by atoms with van der Waals surface area (Å²) in [4.78, 5) is 0. The molecule has 0 aromatic heterocycles. The van der Waals surface area contributed by atoms with Crippen LogP contribution in [-0.4, -0.2) is 11.2 Å². The van der Waals surface area contributed by atoms with E-state index >= 15 is 0 Å². The SMILES string of the molecule is CC12CCC(C1)C(C)(C)[C@@H]2O. The summed E-state index contributed by atoms with van der Waals surface area (Å²) in [6.07, 6.45) is 3.76. The number of fused-ring (bicyclic) bond motifs is 2. The molecule has 2 fully saturated rings. The molecule has 0 aliphatic heterocycles. The van der Waals surface area contributed by atoms with E-state index in [1.54, 1.807) is 0 Å². The van der Waals surface area contributed by atoms with Crippen LogP contribution in [0.15, 0.2) is 0 Å². The minimum atomic E-state index is -0.0613. The molecule has 64 valence electrons. The van der Waals surface area contributed by atoms with E-state index in [1.807, 2.05) is 0 Å². The van der Waals surface area contributed by atoms with Gasteiger partial charge in [0.15, 0.2) is 0 Å². The second kappa shape index (κ2) is 1.82. The van der Waals surface area contributed by atoms with Gasteiger partial charge in [0.05, 0.1) is 6.10 Å². The number of rotatable bonds is 0. The van der Waals surface area contributed by atoms with Crippen LogP contribution in [0.2, 0.25) is 0 Å². The molecule has 2 bridgehead atoms. The van der Waals surface area contributed by atoms with E-state index in [4.69, 9.17) is 0 Å². The largest absolute Gasteiger partial charge is 0.392 e. The Labute approximate surface area is 68.8 Å². The van der Waals surface area contributed by atoms with Gasteiger partial charge in [0.25, 0.3) is 0 Å². The molecular formula is C10H18O. The Hall–Kier alpha value is -0.0400. The molecule has 0 aromatic rings. The van der Waals surface area contributed by atoms with Gasteiger partial charge in [0.2, 0.25) is 0 Å². The summed E-state index contributed by atoms with van der Waals surface area (Å²) in [6, 6.07) is 0. The van der Waals surface area contributed by atoms with E-state index in [2.05, 4.69) is 20.8 Å². The molecule has 2 aliphatic carbocycles. The number of hydrogen-bond acceptors (Lipinski definition) is 1. The highest BCUT2D eigenvalue weighted by molar-refractivity contribution is 5.08. The molecule has 2 aliphatic rings. The molecule has 0 heterocycles. The maximum atomic E-state index is 10.0. The molecule has 2 saturated carbocycles. The van der Waals surface area contributed by atoms with Crippen LogP contribution in [0.4, 0.5) is 0 Å². The van der Waals surface area contributed by atoms with Crippen LogP contribution in [0.25, 0.3) is 0 Å². The van der Waals surface area contributed by atoms with Gasteiger partial charge in [-0.1, -0.05) is 20.8 Å². The van der Waals surface area contributed by atoms with Crippen molar-refractivity contribution in [1.29, 1.82) is 0 Å². The highest BCUT2D eigenvalue weighted by Gasteiger charge is 2.58. The summed E-state index contributed by atoms with van der Waals surface area (Å²) >= 11 is 0. The second-order valence-electron chi connectivity index (χ2n) is 5.32. The topological polar surface area (TPSA) is 20.2 Å². The fraction of sp³-hybridized carbons (Fsp3) is 1.00. The summed E-state index contributed by atoms with van der Waals surface area (Å²) in [5, 5.41) is 10.0. The molecule has 0 spiro atoms. The quantitative estimate of drug-likeness (QED) is 0.567. The molecule has 2 rings (SSSR count). The molecule has 0 amide bonds. The average molecular weight is 154 g/mol. The summed E-state index contributed by atoms with van der Waals surface area (Å²) in [7, 11) is 0. The maximum Gasteiger partial charge on any atom is 0.0647 e. The standard InChI is InChI=1S/C10H18O/c1-9(2)7-4-5-10(3,6-7)8(9)11/h7-8,11H,4-6H2,1-3H3/t7?,8-,10?/m0/s1. The van der Waals surface area contributed by atoms with E-state index in [-0.39, 0.29) is 16.9 Å². The first-order chi connectivity index (χ1) is 4.97.